The summed E-state index contributed by atoms with van der Waals surface area (Å²) in [6.07, 6.45) is 3.19. The molecule has 0 aliphatic carbocycles. The second-order valence-corrected chi connectivity index (χ2v) is 5.36. The molecule has 0 spiro atoms. The normalized spacial score (nSPS) is 19.7. The summed E-state index contributed by atoms with van der Waals surface area (Å²) in [5.74, 6) is 1.36. The van der Waals surface area contributed by atoms with E-state index in [2.05, 4.69) is 14.7 Å². The van der Waals surface area contributed by atoms with Gasteiger partial charge in [-0.25, -0.2) is 0 Å². The summed E-state index contributed by atoms with van der Waals surface area (Å²) >= 11 is 1.62. The minimum absolute atomic E-state index is 0.641. The molecular weight excluding hydrogens is 250 g/mol. The summed E-state index contributed by atoms with van der Waals surface area (Å²) in [4.78, 5) is 5.42. The van der Waals surface area contributed by atoms with Gasteiger partial charge in [0, 0.05) is 31.3 Å². The number of hydrogen-bond donors (Lipinski definition) is 1. The van der Waals surface area contributed by atoms with Crippen molar-refractivity contribution >= 4 is 16.3 Å². The van der Waals surface area contributed by atoms with E-state index >= 15 is 0 Å². The van der Waals surface area contributed by atoms with Crippen LogP contribution in [-0.2, 0) is 11.3 Å². The van der Waals surface area contributed by atoms with Crippen molar-refractivity contribution in [3.05, 3.63) is 17.3 Å². The molecule has 0 aromatic carbocycles. The van der Waals surface area contributed by atoms with Crippen molar-refractivity contribution in [2.45, 2.75) is 13.0 Å². The van der Waals surface area contributed by atoms with Gasteiger partial charge in [-0.2, -0.15) is 4.98 Å². The van der Waals surface area contributed by atoms with Crippen molar-refractivity contribution in [2.75, 3.05) is 26.9 Å². The zero-order valence-electron chi connectivity index (χ0n) is 10.4. The van der Waals surface area contributed by atoms with E-state index in [1.165, 1.54) is 0 Å². The minimum atomic E-state index is 0.641. The lowest BCUT2D eigenvalue weighted by Gasteiger charge is -2.09. The van der Waals surface area contributed by atoms with Gasteiger partial charge in [-0.1, -0.05) is 0 Å². The van der Waals surface area contributed by atoms with Crippen LogP contribution in [0.3, 0.4) is 0 Å². The zero-order valence-corrected chi connectivity index (χ0v) is 11.2. The van der Waals surface area contributed by atoms with Gasteiger partial charge in [0.15, 0.2) is 4.96 Å². The van der Waals surface area contributed by atoms with Crippen molar-refractivity contribution in [1.29, 1.82) is 0 Å². The Kier molecular flexibility index (Phi) is 3.49. The van der Waals surface area contributed by atoms with E-state index in [1.807, 2.05) is 11.6 Å². The van der Waals surface area contributed by atoms with Gasteiger partial charge in [-0.3, -0.25) is 4.40 Å². The molecule has 1 aliphatic rings. The molecule has 6 heteroatoms. The molecule has 98 valence electrons. The zero-order chi connectivity index (χ0) is 12.4. The molecule has 2 aromatic rings. The van der Waals surface area contributed by atoms with Crippen molar-refractivity contribution in [2.24, 2.45) is 5.92 Å². The quantitative estimate of drug-likeness (QED) is 0.892. The van der Waals surface area contributed by atoms with Gasteiger partial charge in [-0.15, -0.1) is 11.3 Å². The second kappa shape index (κ2) is 5.26. The molecule has 0 bridgehead atoms. The van der Waals surface area contributed by atoms with E-state index in [9.17, 15) is 0 Å². The molecule has 1 aliphatic heterocycles. The Balaban J connectivity index is 1.66. The maximum absolute atomic E-state index is 5.37. The lowest BCUT2D eigenvalue weighted by Crippen LogP contribution is -2.23. The smallest absolute Gasteiger partial charge is 0.237 e. The first kappa shape index (κ1) is 12.0. The summed E-state index contributed by atoms with van der Waals surface area (Å²) < 4.78 is 12.8. The molecule has 1 N–H and O–H groups in total. The summed E-state index contributed by atoms with van der Waals surface area (Å²) in [6.45, 7) is 3.54. The first-order chi connectivity index (χ1) is 8.88. The van der Waals surface area contributed by atoms with Crippen molar-refractivity contribution in [3.63, 3.8) is 0 Å². The van der Waals surface area contributed by atoms with Crippen molar-refractivity contribution in [1.82, 2.24) is 14.7 Å². The highest BCUT2D eigenvalue weighted by molar-refractivity contribution is 7.15. The fourth-order valence-corrected chi connectivity index (χ4v) is 3.00. The third-order valence-electron chi connectivity index (χ3n) is 3.27. The number of ether oxygens (including phenoxy) is 2. The van der Waals surface area contributed by atoms with E-state index in [0.29, 0.717) is 5.92 Å². The van der Waals surface area contributed by atoms with Crippen LogP contribution in [0.25, 0.3) is 4.96 Å². The van der Waals surface area contributed by atoms with Gasteiger partial charge in [0.2, 0.25) is 5.88 Å². The fraction of sp³-hybridized carbons (Fsp3) is 0.583. The highest BCUT2D eigenvalue weighted by atomic mass is 32.1. The number of fused-ring (bicyclic) bond motifs is 1. The molecule has 0 radical (unpaired) electrons. The maximum Gasteiger partial charge on any atom is 0.237 e. The van der Waals surface area contributed by atoms with Gasteiger partial charge in [0.25, 0.3) is 0 Å². The van der Waals surface area contributed by atoms with E-state index in [0.717, 1.165) is 49.3 Å². The predicted molar refractivity (Wildman–Crippen MR) is 70.3 cm³/mol. The number of imidazole rings is 1. The van der Waals surface area contributed by atoms with Crippen LogP contribution >= 0.6 is 11.3 Å². The molecule has 2 aromatic heterocycles. The Bertz CT molecular complexity index is 516. The third-order valence-corrected chi connectivity index (χ3v) is 4.02. The molecule has 0 saturated carbocycles. The number of methoxy groups -OCH3 is 1. The van der Waals surface area contributed by atoms with Crippen LogP contribution in [0.2, 0.25) is 0 Å². The Hall–Kier alpha value is -1.11. The van der Waals surface area contributed by atoms with Crippen molar-refractivity contribution < 1.29 is 9.47 Å². The van der Waals surface area contributed by atoms with Gasteiger partial charge in [0.05, 0.1) is 13.7 Å². The average Bonchev–Trinajstić information content (AvgIpc) is 3.06. The Morgan fingerprint density at radius 2 is 2.61 bits per heavy atom. The number of rotatable bonds is 5. The molecule has 1 atom stereocenters. The third kappa shape index (κ3) is 2.23. The SMILES string of the molecule is COc1nc2sccn2c1CNCC1CCOC1. The molecule has 0 amide bonds. The average molecular weight is 267 g/mol. The maximum atomic E-state index is 5.37. The minimum Gasteiger partial charge on any atom is -0.480 e. The first-order valence-electron chi connectivity index (χ1n) is 6.15. The summed E-state index contributed by atoms with van der Waals surface area (Å²) in [5.41, 5.74) is 1.09. The molecule has 1 unspecified atom stereocenters. The molecule has 3 rings (SSSR count). The van der Waals surface area contributed by atoms with Crippen LogP contribution in [0.15, 0.2) is 11.6 Å². The molecule has 18 heavy (non-hydrogen) atoms. The largest absolute Gasteiger partial charge is 0.480 e. The molecular formula is C12H17N3O2S. The van der Waals surface area contributed by atoms with Gasteiger partial charge >= 0.3 is 0 Å². The van der Waals surface area contributed by atoms with Crippen LogP contribution < -0.4 is 10.1 Å². The van der Waals surface area contributed by atoms with E-state index in [1.54, 1.807) is 18.4 Å². The highest BCUT2D eigenvalue weighted by Crippen LogP contribution is 2.23. The lowest BCUT2D eigenvalue weighted by molar-refractivity contribution is 0.185. The number of nitrogens with one attached hydrogen (secondary N) is 1. The van der Waals surface area contributed by atoms with Crippen LogP contribution in [0, 0.1) is 5.92 Å². The molecule has 3 heterocycles. The summed E-state index contributed by atoms with van der Waals surface area (Å²) in [7, 11) is 1.67. The monoisotopic (exact) mass is 267 g/mol. The number of nitrogens with zero attached hydrogens (tertiary/aromatic N) is 2. The highest BCUT2D eigenvalue weighted by Gasteiger charge is 2.17. The number of thiazole rings is 1. The second-order valence-electron chi connectivity index (χ2n) is 4.48. The van der Waals surface area contributed by atoms with E-state index < -0.39 is 0 Å². The fourth-order valence-electron chi connectivity index (χ4n) is 2.28. The lowest BCUT2D eigenvalue weighted by atomic mass is 10.1. The van der Waals surface area contributed by atoms with Crippen LogP contribution in [0.1, 0.15) is 12.1 Å². The van der Waals surface area contributed by atoms with E-state index in [-0.39, 0.29) is 0 Å². The predicted octanol–water partition coefficient (Wildman–Crippen LogP) is 1.53. The van der Waals surface area contributed by atoms with Crippen LogP contribution in [0.4, 0.5) is 0 Å². The van der Waals surface area contributed by atoms with E-state index in [4.69, 9.17) is 9.47 Å². The van der Waals surface area contributed by atoms with Crippen LogP contribution in [-0.4, -0.2) is 36.3 Å². The first-order valence-corrected chi connectivity index (χ1v) is 7.03. The molecule has 1 fully saturated rings. The van der Waals surface area contributed by atoms with Gasteiger partial charge in [-0.05, 0) is 12.3 Å². The Morgan fingerprint density at radius 1 is 1.67 bits per heavy atom. The van der Waals surface area contributed by atoms with Gasteiger partial charge < -0.3 is 14.8 Å². The molecule has 5 nitrogen and oxygen atoms in total. The summed E-state index contributed by atoms with van der Waals surface area (Å²) in [6, 6.07) is 0. The number of aromatic nitrogens is 2. The van der Waals surface area contributed by atoms with Crippen molar-refractivity contribution in [3.8, 4) is 5.88 Å². The Morgan fingerprint density at radius 3 is 3.39 bits per heavy atom. The molecule has 1 saturated heterocycles. The summed E-state index contributed by atoms with van der Waals surface area (Å²) in [5, 5.41) is 5.51. The van der Waals surface area contributed by atoms with Gasteiger partial charge in [0.1, 0.15) is 5.69 Å². The van der Waals surface area contributed by atoms with Crippen LogP contribution in [0.5, 0.6) is 5.88 Å². The topological polar surface area (TPSA) is 47.8 Å². The Labute approximate surface area is 110 Å². The standard InChI is InChI=1S/C12H17N3O2S/c1-16-11-10(15-3-5-18-12(15)14-11)7-13-6-9-2-4-17-8-9/h3,5,9,13H,2,4,6-8H2,1H3. The number of hydrogen-bond acceptors (Lipinski definition) is 5.